The summed E-state index contributed by atoms with van der Waals surface area (Å²) in [4.78, 5) is 2.27. The minimum absolute atomic E-state index is 0.121. The molecular formula is C17H27ClN2. The van der Waals surface area contributed by atoms with E-state index >= 15 is 0 Å². The minimum Gasteiger partial charge on any atom is -0.308 e. The van der Waals surface area contributed by atoms with Gasteiger partial charge < -0.3 is 5.32 Å². The molecule has 0 aliphatic heterocycles. The molecule has 1 N–H and O–H groups in total. The number of halogens is 1. The van der Waals surface area contributed by atoms with Crippen molar-refractivity contribution in [2.75, 3.05) is 20.1 Å². The molecule has 0 amide bonds. The van der Waals surface area contributed by atoms with Crippen molar-refractivity contribution in [1.29, 1.82) is 0 Å². The van der Waals surface area contributed by atoms with E-state index in [1.807, 2.05) is 18.2 Å². The summed E-state index contributed by atoms with van der Waals surface area (Å²) in [7, 11) is 2.11. The highest BCUT2D eigenvalue weighted by Gasteiger charge is 2.15. The predicted molar refractivity (Wildman–Crippen MR) is 89.4 cm³/mol. The first-order valence-corrected chi connectivity index (χ1v) is 7.45. The SMILES string of the molecule is C=C(CNC(C)(C)C)CN(C)C(C)c1ccccc1Cl. The quantitative estimate of drug-likeness (QED) is 0.788. The molecule has 0 bridgehead atoms. The zero-order valence-electron chi connectivity index (χ0n) is 13.3. The van der Waals surface area contributed by atoms with E-state index in [2.05, 4.69) is 57.6 Å². The van der Waals surface area contributed by atoms with Crippen LogP contribution in [0.25, 0.3) is 0 Å². The Bertz CT molecular complexity index is 449. The molecule has 1 aromatic rings. The van der Waals surface area contributed by atoms with E-state index in [4.69, 9.17) is 11.6 Å². The molecule has 1 unspecified atom stereocenters. The maximum Gasteiger partial charge on any atom is 0.0453 e. The van der Waals surface area contributed by atoms with Gasteiger partial charge in [-0.05, 0) is 51.9 Å². The lowest BCUT2D eigenvalue weighted by molar-refractivity contribution is 0.279. The van der Waals surface area contributed by atoms with Crippen molar-refractivity contribution in [3.63, 3.8) is 0 Å². The van der Waals surface area contributed by atoms with Crippen LogP contribution in [0.1, 0.15) is 39.3 Å². The molecule has 0 fully saturated rings. The minimum atomic E-state index is 0.121. The van der Waals surface area contributed by atoms with Crippen LogP contribution in [-0.2, 0) is 0 Å². The van der Waals surface area contributed by atoms with Gasteiger partial charge in [-0.25, -0.2) is 0 Å². The molecule has 0 aromatic heterocycles. The molecular weight excluding hydrogens is 268 g/mol. The average molecular weight is 295 g/mol. The summed E-state index contributed by atoms with van der Waals surface area (Å²) in [5.41, 5.74) is 2.46. The lowest BCUT2D eigenvalue weighted by atomic mass is 10.1. The summed E-state index contributed by atoms with van der Waals surface area (Å²) in [5, 5.41) is 4.29. The number of benzene rings is 1. The summed E-state index contributed by atoms with van der Waals surface area (Å²) in [6.07, 6.45) is 0. The highest BCUT2D eigenvalue weighted by atomic mass is 35.5. The molecule has 0 saturated heterocycles. The number of likely N-dealkylation sites (N-methyl/N-ethyl adjacent to an activating group) is 1. The molecule has 3 heteroatoms. The molecule has 20 heavy (non-hydrogen) atoms. The monoisotopic (exact) mass is 294 g/mol. The van der Waals surface area contributed by atoms with Gasteiger partial charge >= 0.3 is 0 Å². The van der Waals surface area contributed by atoms with E-state index in [0.29, 0.717) is 0 Å². The van der Waals surface area contributed by atoms with Crippen molar-refractivity contribution >= 4 is 11.6 Å². The van der Waals surface area contributed by atoms with Gasteiger partial charge in [0.1, 0.15) is 0 Å². The Hall–Kier alpha value is -0.830. The van der Waals surface area contributed by atoms with Gasteiger partial charge in [-0.3, -0.25) is 4.90 Å². The summed E-state index contributed by atoms with van der Waals surface area (Å²) >= 11 is 6.26. The van der Waals surface area contributed by atoms with Crippen molar-refractivity contribution < 1.29 is 0 Å². The summed E-state index contributed by atoms with van der Waals surface area (Å²) in [6.45, 7) is 14.5. The molecule has 0 aliphatic carbocycles. The van der Waals surface area contributed by atoms with Crippen molar-refractivity contribution in [1.82, 2.24) is 10.2 Å². The van der Waals surface area contributed by atoms with Crippen molar-refractivity contribution in [3.05, 3.63) is 47.0 Å². The molecule has 0 radical (unpaired) electrons. The molecule has 1 atom stereocenters. The van der Waals surface area contributed by atoms with Crippen molar-refractivity contribution in [2.45, 2.75) is 39.3 Å². The Balaban J connectivity index is 2.56. The first-order valence-electron chi connectivity index (χ1n) is 7.07. The van der Waals surface area contributed by atoms with Crippen LogP contribution in [0.15, 0.2) is 36.4 Å². The molecule has 1 rings (SSSR count). The second-order valence-electron chi connectivity index (χ2n) is 6.47. The second kappa shape index (κ2) is 7.26. The number of nitrogens with one attached hydrogen (secondary N) is 1. The maximum absolute atomic E-state index is 6.26. The molecule has 112 valence electrons. The smallest absolute Gasteiger partial charge is 0.0453 e. The third-order valence-corrected chi connectivity index (χ3v) is 3.70. The van der Waals surface area contributed by atoms with Gasteiger partial charge in [-0.2, -0.15) is 0 Å². The van der Waals surface area contributed by atoms with Crippen molar-refractivity contribution in [2.24, 2.45) is 0 Å². The molecule has 0 saturated carbocycles. The number of hydrogen-bond acceptors (Lipinski definition) is 2. The van der Waals surface area contributed by atoms with E-state index in [0.717, 1.165) is 23.7 Å². The second-order valence-corrected chi connectivity index (χ2v) is 6.87. The van der Waals surface area contributed by atoms with Gasteiger partial charge in [0.25, 0.3) is 0 Å². The molecule has 0 spiro atoms. The first kappa shape index (κ1) is 17.2. The zero-order chi connectivity index (χ0) is 15.3. The van der Waals surface area contributed by atoms with Crippen LogP contribution in [0.4, 0.5) is 0 Å². The fraction of sp³-hybridized carbons (Fsp3) is 0.529. The van der Waals surface area contributed by atoms with Crippen LogP contribution in [0.3, 0.4) is 0 Å². The Kier molecular flexibility index (Phi) is 6.25. The number of hydrogen-bond donors (Lipinski definition) is 1. The summed E-state index contributed by atoms with van der Waals surface area (Å²) in [5.74, 6) is 0. The Morgan fingerprint density at radius 1 is 1.35 bits per heavy atom. The van der Waals surface area contributed by atoms with E-state index in [9.17, 15) is 0 Å². The lowest BCUT2D eigenvalue weighted by Gasteiger charge is -2.28. The van der Waals surface area contributed by atoms with Gasteiger partial charge in [-0.1, -0.05) is 36.4 Å². The zero-order valence-corrected chi connectivity index (χ0v) is 14.1. The third-order valence-electron chi connectivity index (χ3n) is 3.36. The van der Waals surface area contributed by atoms with Crippen LogP contribution in [0.5, 0.6) is 0 Å². The van der Waals surface area contributed by atoms with Gasteiger partial charge in [0.05, 0.1) is 0 Å². The van der Waals surface area contributed by atoms with E-state index < -0.39 is 0 Å². The molecule has 1 aromatic carbocycles. The molecule has 0 heterocycles. The Morgan fingerprint density at radius 3 is 2.50 bits per heavy atom. The molecule has 2 nitrogen and oxygen atoms in total. The van der Waals surface area contributed by atoms with Crippen LogP contribution in [0.2, 0.25) is 5.02 Å². The fourth-order valence-corrected chi connectivity index (χ4v) is 2.28. The maximum atomic E-state index is 6.26. The van der Waals surface area contributed by atoms with E-state index in [1.54, 1.807) is 0 Å². The average Bonchev–Trinajstić information content (AvgIpc) is 2.35. The Morgan fingerprint density at radius 2 is 1.95 bits per heavy atom. The highest BCUT2D eigenvalue weighted by Crippen LogP contribution is 2.26. The van der Waals surface area contributed by atoms with Gasteiger partial charge in [-0.15, -0.1) is 0 Å². The Labute approximate surface area is 128 Å². The van der Waals surface area contributed by atoms with Gasteiger partial charge in [0, 0.05) is 29.7 Å². The van der Waals surface area contributed by atoms with Crippen molar-refractivity contribution in [3.8, 4) is 0 Å². The number of rotatable bonds is 6. The standard InChI is InChI=1S/C17H27ClN2/c1-13(11-19-17(3,4)5)12-20(6)14(2)15-9-7-8-10-16(15)18/h7-10,14,19H,1,11-12H2,2-6H3. The van der Waals surface area contributed by atoms with Crippen LogP contribution >= 0.6 is 11.6 Å². The van der Waals surface area contributed by atoms with E-state index in [-0.39, 0.29) is 11.6 Å². The highest BCUT2D eigenvalue weighted by molar-refractivity contribution is 6.31. The molecule has 0 aliphatic rings. The van der Waals surface area contributed by atoms with Gasteiger partial charge in [0.15, 0.2) is 0 Å². The third kappa shape index (κ3) is 5.66. The largest absolute Gasteiger partial charge is 0.308 e. The topological polar surface area (TPSA) is 15.3 Å². The fourth-order valence-electron chi connectivity index (χ4n) is 1.99. The number of nitrogens with zero attached hydrogens (tertiary/aromatic N) is 1. The first-order chi connectivity index (χ1) is 9.20. The summed E-state index contributed by atoms with van der Waals surface area (Å²) in [6, 6.07) is 8.29. The van der Waals surface area contributed by atoms with Crippen LogP contribution in [-0.4, -0.2) is 30.6 Å². The lowest BCUT2D eigenvalue weighted by Crippen LogP contribution is -2.38. The summed E-state index contributed by atoms with van der Waals surface area (Å²) < 4.78 is 0. The van der Waals surface area contributed by atoms with E-state index in [1.165, 1.54) is 5.57 Å². The van der Waals surface area contributed by atoms with Crippen LogP contribution < -0.4 is 5.32 Å². The van der Waals surface area contributed by atoms with Crippen LogP contribution in [0, 0.1) is 0 Å². The normalized spacial score (nSPS) is 13.6. The predicted octanol–water partition coefficient (Wildman–Crippen LogP) is 4.28. The van der Waals surface area contributed by atoms with Gasteiger partial charge in [0.2, 0.25) is 0 Å².